The third-order valence-corrected chi connectivity index (χ3v) is 8.03. The lowest BCUT2D eigenvalue weighted by atomic mass is 10.0. The molecule has 0 aliphatic rings. The highest BCUT2D eigenvalue weighted by molar-refractivity contribution is 5.85. The summed E-state index contributed by atoms with van der Waals surface area (Å²) in [5, 5.41) is 2.30. The first-order valence-corrected chi connectivity index (χ1v) is 15.2. The number of hydrogen-bond donors (Lipinski definition) is 0. The summed E-state index contributed by atoms with van der Waals surface area (Å²) in [4.78, 5) is 24.0. The predicted molar refractivity (Wildman–Crippen MR) is 186 cm³/mol. The van der Waals surface area contributed by atoms with Crippen molar-refractivity contribution < 1.29 is 0 Å². The van der Waals surface area contributed by atoms with Gasteiger partial charge in [-0.2, -0.15) is 0 Å². The molecular formula is C41H27N5. The van der Waals surface area contributed by atoms with E-state index in [1.807, 2.05) is 79.3 Å². The fourth-order valence-electron chi connectivity index (χ4n) is 5.65. The summed E-state index contributed by atoms with van der Waals surface area (Å²) in [6.45, 7) is 0. The Labute approximate surface area is 267 Å². The number of benzene rings is 4. The van der Waals surface area contributed by atoms with Crippen molar-refractivity contribution in [3.63, 3.8) is 0 Å². The highest BCUT2D eigenvalue weighted by Crippen LogP contribution is 2.32. The molecule has 4 aromatic heterocycles. The highest BCUT2D eigenvalue weighted by atomic mass is 14.9. The van der Waals surface area contributed by atoms with Crippen molar-refractivity contribution >= 4 is 10.8 Å². The Morgan fingerprint density at radius 3 is 1.46 bits per heavy atom. The molecule has 4 aromatic carbocycles. The number of hydrogen-bond acceptors (Lipinski definition) is 5. The van der Waals surface area contributed by atoms with Crippen LogP contribution in [0.4, 0.5) is 0 Å². The third kappa shape index (κ3) is 5.53. The topological polar surface area (TPSA) is 64.5 Å². The minimum atomic E-state index is 0.647. The van der Waals surface area contributed by atoms with Crippen molar-refractivity contribution in [1.29, 1.82) is 0 Å². The Morgan fingerprint density at radius 1 is 0.304 bits per heavy atom. The number of pyridine rings is 3. The van der Waals surface area contributed by atoms with Crippen LogP contribution in [0.15, 0.2) is 164 Å². The highest BCUT2D eigenvalue weighted by Gasteiger charge is 2.13. The van der Waals surface area contributed by atoms with Crippen molar-refractivity contribution in [2.45, 2.75) is 0 Å². The Balaban J connectivity index is 1.23. The lowest BCUT2D eigenvalue weighted by Gasteiger charge is -2.12. The van der Waals surface area contributed by atoms with Crippen molar-refractivity contribution in [2.75, 3.05) is 0 Å². The van der Waals surface area contributed by atoms with Gasteiger partial charge in [0.05, 0.1) is 28.5 Å². The standard InChI is InChI=1S/C41H27N5/c1-2-10-35-27-44-38(25-30(35)9-1)28-17-19-29(20-18-28)39-26-40(33-13-7-11-31(23-33)36-15-3-5-21-42-36)46-41(45-39)34-14-8-12-32(24-34)37-16-4-6-22-43-37/h1-27H. The minimum Gasteiger partial charge on any atom is -0.256 e. The second kappa shape index (κ2) is 12.0. The van der Waals surface area contributed by atoms with Gasteiger partial charge < -0.3 is 0 Å². The van der Waals surface area contributed by atoms with Crippen LogP contribution in [-0.4, -0.2) is 24.9 Å². The van der Waals surface area contributed by atoms with E-state index in [1.54, 1.807) is 0 Å². The van der Waals surface area contributed by atoms with E-state index in [-0.39, 0.29) is 0 Å². The van der Waals surface area contributed by atoms with E-state index in [9.17, 15) is 0 Å². The maximum absolute atomic E-state index is 5.10. The van der Waals surface area contributed by atoms with Gasteiger partial charge in [-0.15, -0.1) is 0 Å². The Morgan fingerprint density at radius 2 is 0.826 bits per heavy atom. The number of aromatic nitrogens is 5. The van der Waals surface area contributed by atoms with Crippen LogP contribution in [-0.2, 0) is 0 Å². The molecule has 0 fully saturated rings. The van der Waals surface area contributed by atoms with Gasteiger partial charge in [0.1, 0.15) is 0 Å². The fourth-order valence-corrected chi connectivity index (χ4v) is 5.65. The van der Waals surface area contributed by atoms with Gasteiger partial charge >= 0.3 is 0 Å². The monoisotopic (exact) mass is 589 g/mol. The summed E-state index contributed by atoms with van der Waals surface area (Å²) >= 11 is 0. The molecule has 0 spiro atoms. The normalized spacial score (nSPS) is 11.0. The smallest absolute Gasteiger partial charge is 0.160 e. The van der Waals surface area contributed by atoms with E-state index in [0.29, 0.717) is 5.82 Å². The molecule has 0 radical (unpaired) electrons. The van der Waals surface area contributed by atoms with E-state index in [4.69, 9.17) is 15.0 Å². The van der Waals surface area contributed by atoms with Gasteiger partial charge in [-0.25, -0.2) is 9.97 Å². The Kier molecular flexibility index (Phi) is 7.09. The molecule has 0 bridgehead atoms. The fraction of sp³-hybridized carbons (Fsp3) is 0. The predicted octanol–water partition coefficient (Wildman–Crippen LogP) is 9.82. The zero-order valence-electron chi connectivity index (χ0n) is 24.8. The Hall–Kier alpha value is -6.33. The van der Waals surface area contributed by atoms with Crippen LogP contribution in [0.3, 0.4) is 0 Å². The molecule has 5 heteroatoms. The summed E-state index contributed by atoms with van der Waals surface area (Å²) in [5.41, 5.74) is 10.4. The molecule has 0 saturated heterocycles. The molecule has 46 heavy (non-hydrogen) atoms. The number of rotatable bonds is 6. The first-order valence-electron chi connectivity index (χ1n) is 15.2. The van der Waals surface area contributed by atoms with Gasteiger partial charge in [-0.05, 0) is 53.9 Å². The zero-order chi connectivity index (χ0) is 30.7. The average molecular weight is 590 g/mol. The van der Waals surface area contributed by atoms with Crippen molar-refractivity contribution in [3.8, 4) is 67.7 Å². The quantitative estimate of drug-likeness (QED) is 0.193. The average Bonchev–Trinajstić information content (AvgIpc) is 3.15. The molecule has 0 saturated carbocycles. The van der Waals surface area contributed by atoms with Crippen molar-refractivity contribution in [1.82, 2.24) is 24.9 Å². The molecule has 8 aromatic rings. The zero-order valence-corrected chi connectivity index (χ0v) is 24.8. The number of nitrogens with zero attached hydrogens (tertiary/aromatic N) is 5. The van der Waals surface area contributed by atoms with Gasteiger partial charge in [-0.3, -0.25) is 15.0 Å². The molecule has 0 N–H and O–H groups in total. The van der Waals surface area contributed by atoms with Crippen molar-refractivity contribution in [3.05, 3.63) is 164 Å². The second-order valence-electron chi connectivity index (χ2n) is 11.0. The Bertz CT molecular complexity index is 2200. The second-order valence-corrected chi connectivity index (χ2v) is 11.0. The largest absolute Gasteiger partial charge is 0.256 e. The molecule has 216 valence electrons. The maximum atomic E-state index is 5.10. The molecule has 5 nitrogen and oxygen atoms in total. The van der Waals surface area contributed by atoms with Crippen LogP contribution in [0, 0.1) is 0 Å². The van der Waals surface area contributed by atoms with E-state index in [1.165, 1.54) is 5.39 Å². The van der Waals surface area contributed by atoms with Crippen molar-refractivity contribution in [2.24, 2.45) is 0 Å². The molecule has 0 aliphatic heterocycles. The van der Waals surface area contributed by atoms with E-state index in [2.05, 4.69) is 94.9 Å². The lowest BCUT2D eigenvalue weighted by molar-refractivity contribution is 1.18. The van der Waals surface area contributed by atoms with Crippen LogP contribution in [0.2, 0.25) is 0 Å². The first-order chi connectivity index (χ1) is 22.8. The summed E-state index contributed by atoms with van der Waals surface area (Å²) in [6, 6.07) is 49.4. The molecule has 0 atom stereocenters. The van der Waals surface area contributed by atoms with E-state index in [0.717, 1.165) is 67.2 Å². The molecule has 0 unspecified atom stereocenters. The minimum absolute atomic E-state index is 0.647. The van der Waals surface area contributed by atoms with Gasteiger partial charge in [0.15, 0.2) is 5.82 Å². The maximum Gasteiger partial charge on any atom is 0.160 e. The lowest BCUT2D eigenvalue weighted by Crippen LogP contribution is -1.97. The van der Waals surface area contributed by atoms with Gasteiger partial charge in [-0.1, -0.05) is 97.1 Å². The summed E-state index contributed by atoms with van der Waals surface area (Å²) in [6.07, 6.45) is 5.55. The van der Waals surface area contributed by atoms with E-state index >= 15 is 0 Å². The van der Waals surface area contributed by atoms with Crippen LogP contribution in [0.1, 0.15) is 0 Å². The van der Waals surface area contributed by atoms with Crippen LogP contribution >= 0.6 is 0 Å². The molecule has 0 amide bonds. The third-order valence-electron chi connectivity index (χ3n) is 8.03. The molecule has 0 aliphatic carbocycles. The molecule has 8 rings (SSSR count). The summed E-state index contributed by atoms with van der Waals surface area (Å²) in [7, 11) is 0. The molecule has 4 heterocycles. The summed E-state index contributed by atoms with van der Waals surface area (Å²) in [5.74, 6) is 0.647. The number of fused-ring (bicyclic) bond motifs is 1. The van der Waals surface area contributed by atoms with Crippen LogP contribution in [0.5, 0.6) is 0 Å². The molecular weight excluding hydrogens is 562 g/mol. The SMILES string of the molecule is c1ccc(-c2cccc(-c3cc(-c4ccc(-c5cc6ccccc6cn5)cc4)nc(-c4cccc(-c5ccccn5)c4)n3)c2)nc1. The van der Waals surface area contributed by atoms with E-state index < -0.39 is 0 Å². The van der Waals surface area contributed by atoms with Gasteiger partial charge in [0.2, 0.25) is 0 Å². The van der Waals surface area contributed by atoms with Gasteiger partial charge in [0.25, 0.3) is 0 Å². The van der Waals surface area contributed by atoms with Gasteiger partial charge in [0, 0.05) is 57.4 Å². The summed E-state index contributed by atoms with van der Waals surface area (Å²) < 4.78 is 0. The first kappa shape index (κ1) is 27.2. The van der Waals surface area contributed by atoms with Crippen LogP contribution in [0.25, 0.3) is 78.4 Å². The van der Waals surface area contributed by atoms with Crippen LogP contribution < -0.4 is 0 Å².